The summed E-state index contributed by atoms with van der Waals surface area (Å²) >= 11 is 9.40. The molecule has 0 unspecified atom stereocenters. The fourth-order valence-corrected chi connectivity index (χ4v) is 5.49. The number of pyridine rings is 1. The summed E-state index contributed by atoms with van der Waals surface area (Å²) in [6, 6.07) is 19.5. The van der Waals surface area contributed by atoms with E-state index >= 15 is 0 Å². The van der Waals surface area contributed by atoms with Crippen molar-refractivity contribution in [1.82, 2.24) is 14.9 Å². The van der Waals surface area contributed by atoms with Gasteiger partial charge < -0.3 is 14.8 Å². The molecule has 154 valence electrons. The van der Waals surface area contributed by atoms with Gasteiger partial charge in [0.05, 0.1) is 11.7 Å². The van der Waals surface area contributed by atoms with E-state index in [1.165, 1.54) is 37.8 Å². The molecule has 2 atom stereocenters. The smallest absolute Gasteiger partial charge is 0.174 e. The van der Waals surface area contributed by atoms with E-state index < -0.39 is 0 Å². The molecule has 1 saturated heterocycles. The van der Waals surface area contributed by atoms with Gasteiger partial charge >= 0.3 is 0 Å². The van der Waals surface area contributed by atoms with Crippen molar-refractivity contribution in [2.75, 3.05) is 4.90 Å². The molecule has 1 aliphatic carbocycles. The van der Waals surface area contributed by atoms with Crippen molar-refractivity contribution >= 4 is 38.9 Å². The molecule has 3 aromatic rings. The van der Waals surface area contributed by atoms with Crippen molar-refractivity contribution < 1.29 is 0 Å². The first-order chi connectivity index (χ1) is 14.7. The Hall–Kier alpha value is -2.18. The Morgan fingerprint density at radius 1 is 0.967 bits per heavy atom. The maximum atomic E-state index is 5.85. The molecule has 0 spiro atoms. The van der Waals surface area contributed by atoms with Gasteiger partial charge in [-0.2, -0.15) is 0 Å². The standard InChI is InChI=1S/C24H25BrN4S/c25-17-11-13-19(14-12-17)29-23(22(27-24(29)30)20-9-4-5-15-26-20)21-10-6-16-28(21)18-7-2-1-3-8-18/h4-6,9-16,18,22-23H,1-3,7-8H2,(H,27,30)/t22-,23-/m1/s1. The Balaban J connectivity index is 1.61. The van der Waals surface area contributed by atoms with Gasteiger partial charge in [-0.3, -0.25) is 4.98 Å². The summed E-state index contributed by atoms with van der Waals surface area (Å²) in [4.78, 5) is 6.93. The summed E-state index contributed by atoms with van der Waals surface area (Å²) in [7, 11) is 0. The minimum Gasteiger partial charge on any atom is -0.351 e. The zero-order chi connectivity index (χ0) is 20.5. The van der Waals surface area contributed by atoms with E-state index in [2.05, 4.69) is 84.4 Å². The van der Waals surface area contributed by atoms with Crippen molar-refractivity contribution in [2.24, 2.45) is 0 Å². The van der Waals surface area contributed by atoms with Crippen LogP contribution in [0.15, 0.2) is 71.5 Å². The topological polar surface area (TPSA) is 33.1 Å². The SMILES string of the molecule is S=C1N[C@H](c2ccccn2)[C@@H](c2cccn2C2CCCCC2)N1c1ccc(Br)cc1. The lowest BCUT2D eigenvalue weighted by Gasteiger charge is -2.32. The van der Waals surface area contributed by atoms with Gasteiger partial charge in [0.15, 0.2) is 5.11 Å². The molecule has 1 aromatic carbocycles. The minimum atomic E-state index is -0.000382. The van der Waals surface area contributed by atoms with Crippen LogP contribution in [-0.4, -0.2) is 14.7 Å². The second-order valence-corrected chi connectivity index (χ2v) is 9.41. The summed E-state index contributed by atoms with van der Waals surface area (Å²) < 4.78 is 3.56. The number of aromatic nitrogens is 2. The molecule has 4 nitrogen and oxygen atoms in total. The lowest BCUT2D eigenvalue weighted by Crippen LogP contribution is -2.31. The Kier molecular flexibility index (Phi) is 5.61. The number of nitrogens with one attached hydrogen (secondary N) is 1. The zero-order valence-corrected chi connectivity index (χ0v) is 19.1. The Morgan fingerprint density at radius 2 is 1.77 bits per heavy atom. The number of rotatable bonds is 4. The number of thiocarbonyl (C=S) groups is 1. The Labute approximate surface area is 191 Å². The largest absolute Gasteiger partial charge is 0.351 e. The Morgan fingerprint density at radius 3 is 2.50 bits per heavy atom. The van der Waals surface area contributed by atoms with Gasteiger partial charge in [0.2, 0.25) is 0 Å². The van der Waals surface area contributed by atoms with E-state index in [1.807, 2.05) is 18.3 Å². The normalized spacial score (nSPS) is 22.3. The van der Waals surface area contributed by atoms with Crippen molar-refractivity contribution in [3.8, 4) is 0 Å². The van der Waals surface area contributed by atoms with Crippen molar-refractivity contribution in [2.45, 2.75) is 50.2 Å². The van der Waals surface area contributed by atoms with Crippen LogP contribution >= 0.6 is 28.1 Å². The third kappa shape index (κ3) is 3.67. The predicted octanol–water partition coefficient (Wildman–Crippen LogP) is 6.33. The van der Waals surface area contributed by atoms with Crippen LogP contribution in [0.2, 0.25) is 0 Å². The van der Waals surface area contributed by atoms with Crippen molar-refractivity contribution in [1.29, 1.82) is 0 Å². The van der Waals surface area contributed by atoms with Crippen LogP contribution in [-0.2, 0) is 0 Å². The molecule has 30 heavy (non-hydrogen) atoms. The summed E-state index contributed by atoms with van der Waals surface area (Å²) in [6.45, 7) is 0. The monoisotopic (exact) mass is 480 g/mol. The van der Waals surface area contributed by atoms with Gasteiger partial charge in [0.1, 0.15) is 6.04 Å². The average molecular weight is 481 g/mol. The molecular weight excluding hydrogens is 456 g/mol. The molecule has 2 aromatic heterocycles. The summed E-state index contributed by atoms with van der Waals surface area (Å²) in [5.74, 6) is 0. The summed E-state index contributed by atoms with van der Waals surface area (Å²) in [6.07, 6.45) is 10.6. The maximum Gasteiger partial charge on any atom is 0.174 e. The first-order valence-electron chi connectivity index (χ1n) is 10.7. The maximum absolute atomic E-state index is 5.85. The van der Waals surface area contributed by atoms with Crippen LogP contribution in [0.4, 0.5) is 5.69 Å². The van der Waals surface area contributed by atoms with Crippen molar-refractivity contribution in [3.63, 3.8) is 0 Å². The minimum absolute atomic E-state index is 0.000382. The van der Waals surface area contributed by atoms with Gasteiger partial charge in [-0.05, 0) is 73.6 Å². The lowest BCUT2D eigenvalue weighted by atomic mass is 9.94. The van der Waals surface area contributed by atoms with E-state index in [4.69, 9.17) is 12.2 Å². The number of halogens is 1. The van der Waals surface area contributed by atoms with Crippen LogP contribution in [0.5, 0.6) is 0 Å². The number of nitrogens with zero attached hydrogens (tertiary/aromatic N) is 3. The van der Waals surface area contributed by atoms with E-state index in [0.717, 1.165) is 21.0 Å². The van der Waals surface area contributed by atoms with Gasteiger partial charge in [-0.1, -0.05) is 41.3 Å². The van der Waals surface area contributed by atoms with E-state index in [1.54, 1.807) is 0 Å². The molecule has 1 saturated carbocycles. The predicted molar refractivity (Wildman–Crippen MR) is 129 cm³/mol. The highest BCUT2D eigenvalue weighted by Crippen LogP contribution is 2.43. The highest BCUT2D eigenvalue weighted by Gasteiger charge is 2.42. The summed E-state index contributed by atoms with van der Waals surface area (Å²) in [5.41, 5.74) is 3.41. The highest BCUT2D eigenvalue weighted by atomic mass is 79.9. The quantitative estimate of drug-likeness (QED) is 0.442. The fourth-order valence-electron chi connectivity index (χ4n) is 4.88. The molecule has 5 rings (SSSR count). The van der Waals surface area contributed by atoms with Crippen molar-refractivity contribution in [3.05, 3.63) is 82.9 Å². The number of hydrogen-bond donors (Lipinski definition) is 1. The first kappa shape index (κ1) is 19.8. The molecule has 2 aliphatic rings. The van der Waals surface area contributed by atoms with Gasteiger partial charge in [-0.15, -0.1) is 0 Å². The van der Waals surface area contributed by atoms with Gasteiger partial charge in [0, 0.05) is 34.3 Å². The van der Waals surface area contributed by atoms with Crippen LogP contribution < -0.4 is 10.2 Å². The van der Waals surface area contributed by atoms with Crippen LogP contribution in [0.25, 0.3) is 0 Å². The molecule has 2 fully saturated rings. The van der Waals surface area contributed by atoms with E-state index in [9.17, 15) is 0 Å². The van der Waals surface area contributed by atoms with Crippen LogP contribution in [0.1, 0.15) is 61.6 Å². The average Bonchev–Trinajstić information content (AvgIpc) is 3.40. The van der Waals surface area contributed by atoms with E-state index in [0.29, 0.717) is 6.04 Å². The second-order valence-electron chi connectivity index (χ2n) is 8.11. The number of anilines is 1. The second kappa shape index (κ2) is 8.52. The molecule has 0 amide bonds. The molecule has 1 N–H and O–H groups in total. The van der Waals surface area contributed by atoms with Crippen LogP contribution in [0.3, 0.4) is 0 Å². The molecule has 3 heterocycles. The van der Waals surface area contributed by atoms with E-state index in [-0.39, 0.29) is 12.1 Å². The Bertz CT molecular complexity index is 1010. The third-order valence-electron chi connectivity index (χ3n) is 6.29. The zero-order valence-electron chi connectivity index (χ0n) is 16.7. The fraction of sp³-hybridized carbons (Fsp3) is 0.333. The molecular formula is C24H25BrN4S. The molecule has 0 radical (unpaired) electrons. The highest BCUT2D eigenvalue weighted by molar-refractivity contribution is 9.10. The van der Waals surface area contributed by atoms with Crippen LogP contribution in [0, 0.1) is 0 Å². The number of hydrogen-bond acceptors (Lipinski definition) is 2. The molecule has 0 bridgehead atoms. The first-order valence-corrected chi connectivity index (χ1v) is 11.9. The van der Waals surface area contributed by atoms with Gasteiger partial charge in [-0.25, -0.2) is 0 Å². The molecule has 6 heteroatoms. The van der Waals surface area contributed by atoms with Gasteiger partial charge in [0.25, 0.3) is 0 Å². The molecule has 1 aliphatic heterocycles. The summed E-state index contributed by atoms with van der Waals surface area (Å²) in [5, 5.41) is 4.32. The third-order valence-corrected chi connectivity index (χ3v) is 7.13. The lowest BCUT2D eigenvalue weighted by molar-refractivity contribution is 0.340. The number of benzene rings is 1.